The van der Waals surface area contributed by atoms with E-state index < -0.39 is 6.04 Å². The van der Waals surface area contributed by atoms with E-state index in [9.17, 15) is 4.79 Å². The van der Waals surface area contributed by atoms with E-state index in [-0.39, 0.29) is 18.5 Å². The molecule has 0 saturated heterocycles. The molecule has 1 unspecified atom stereocenters. The molecule has 0 bridgehead atoms. The Morgan fingerprint density at radius 3 is 2.55 bits per heavy atom. The molecule has 5 nitrogen and oxygen atoms in total. The Morgan fingerprint density at radius 1 is 1.23 bits per heavy atom. The van der Waals surface area contributed by atoms with Crippen LogP contribution in [0, 0.1) is 5.41 Å². The second-order valence-electron chi connectivity index (χ2n) is 5.41. The highest BCUT2D eigenvalue weighted by Gasteiger charge is 2.20. The number of ether oxygens (including phenoxy) is 1. The summed E-state index contributed by atoms with van der Waals surface area (Å²) >= 11 is 0. The molecule has 1 aromatic rings. The Balaban J connectivity index is 2.40. The summed E-state index contributed by atoms with van der Waals surface area (Å²) in [6, 6.07) is 9.01. The molecule has 5 heteroatoms. The minimum Gasteiger partial charge on any atom is -0.459 e. The number of carbonyl (C=O) groups excluding carboxylic acids is 1. The van der Waals surface area contributed by atoms with Gasteiger partial charge in [0.25, 0.3) is 0 Å². The van der Waals surface area contributed by atoms with Crippen molar-refractivity contribution in [1.29, 1.82) is 5.41 Å². The van der Waals surface area contributed by atoms with Gasteiger partial charge in [-0.25, -0.2) is 4.79 Å². The molecular formula is C17H27N3O2. The lowest BCUT2D eigenvalue weighted by Crippen LogP contribution is -2.44. The zero-order valence-corrected chi connectivity index (χ0v) is 13.3. The van der Waals surface area contributed by atoms with E-state index in [0.29, 0.717) is 6.42 Å². The quantitative estimate of drug-likeness (QED) is 0.268. The minimum absolute atomic E-state index is 0.199. The third-order valence-electron chi connectivity index (χ3n) is 3.43. The molecule has 1 rings (SSSR count). The zero-order valence-electron chi connectivity index (χ0n) is 13.3. The molecule has 122 valence electrons. The van der Waals surface area contributed by atoms with Gasteiger partial charge in [-0.2, -0.15) is 0 Å². The van der Waals surface area contributed by atoms with E-state index in [0.717, 1.165) is 18.4 Å². The van der Waals surface area contributed by atoms with Crippen molar-refractivity contribution in [2.75, 3.05) is 0 Å². The van der Waals surface area contributed by atoms with Gasteiger partial charge in [0.2, 0.25) is 0 Å². The van der Waals surface area contributed by atoms with E-state index in [1.54, 1.807) is 0 Å². The molecule has 1 aromatic carbocycles. The first-order valence-electron chi connectivity index (χ1n) is 7.94. The number of hydrogen-bond acceptors (Lipinski definition) is 3. The maximum Gasteiger partial charge on any atom is 0.328 e. The van der Waals surface area contributed by atoms with E-state index in [1.165, 1.54) is 19.3 Å². The summed E-state index contributed by atoms with van der Waals surface area (Å²) in [5.74, 6) is -0.551. The molecule has 0 spiro atoms. The van der Waals surface area contributed by atoms with E-state index in [4.69, 9.17) is 15.9 Å². The molecular weight excluding hydrogens is 278 g/mol. The van der Waals surface area contributed by atoms with Crippen molar-refractivity contribution in [2.24, 2.45) is 5.73 Å². The van der Waals surface area contributed by atoms with Crippen LogP contribution in [0.3, 0.4) is 0 Å². The second kappa shape index (κ2) is 10.7. The molecule has 22 heavy (non-hydrogen) atoms. The van der Waals surface area contributed by atoms with Crippen molar-refractivity contribution in [3.05, 3.63) is 35.9 Å². The first-order chi connectivity index (χ1) is 10.6. The molecule has 0 amide bonds. The number of benzene rings is 1. The van der Waals surface area contributed by atoms with Gasteiger partial charge < -0.3 is 15.8 Å². The number of unbranched alkanes of at least 4 members (excludes halogenated alkanes) is 4. The SMILES string of the molecule is CCCCCCCC(NC(=N)N)C(=O)OCc1ccccc1. The lowest BCUT2D eigenvalue weighted by Gasteiger charge is -2.17. The van der Waals surface area contributed by atoms with Crippen molar-refractivity contribution < 1.29 is 9.53 Å². The van der Waals surface area contributed by atoms with Crippen LogP contribution < -0.4 is 11.1 Å². The molecule has 0 radical (unpaired) electrons. The van der Waals surface area contributed by atoms with Crippen molar-refractivity contribution in [3.8, 4) is 0 Å². The molecule has 0 fully saturated rings. The van der Waals surface area contributed by atoms with Crippen molar-refractivity contribution in [3.63, 3.8) is 0 Å². The van der Waals surface area contributed by atoms with Crippen LogP contribution in [0.4, 0.5) is 0 Å². The fourth-order valence-electron chi connectivity index (χ4n) is 2.22. The average molecular weight is 305 g/mol. The molecule has 0 saturated carbocycles. The van der Waals surface area contributed by atoms with Gasteiger partial charge >= 0.3 is 5.97 Å². The Bertz CT molecular complexity index is 448. The third-order valence-corrected chi connectivity index (χ3v) is 3.43. The number of hydrogen-bond donors (Lipinski definition) is 3. The topological polar surface area (TPSA) is 88.2 Å². The van der Waals surface area contributed by atoms with Gasteiger partial charge in [0.15, 0.2) is 5.96 Å². The van der Waals surface area contributed by atoms with Crippen LogP contribution in [-0.4, -0.2) is 18.0 Å². The van der Waals surface area contributed by atoms with Crippen LogP contribution >= 0.6 is 0 Å². The highest BCUT2D eigenvalue weighted by atomic mass is 16.5. The molecule has 0 aliphatic carbocycles. The monoisotopic (exact) mass is 305 g/mol. The Morgan fingerprint density at radius 2 is 1.91 bits per heavy atom. The number of nitrogens with one attached hydrogen (secondary N) is 2. The summed E-state index contributed by atoms with van der Waals surface area (Å²) in [6.45, 7) is 2.41. The van der Waals surface area contributed by atoms with Gasteiger partial charge in [-0.05, 0) is 12.0 Å². The number of esters is 1. The summed E-state index contributed by atoms with van der Waals surface area (Å²) in [5.41, 5.74) is 6.30. The number of nitrogens with two attached hydrogens (primary N) is 1. The Labute approximate surface area is 132 Å². The lowest BCUT2D eigenvalue weighted by atomic mass is 10.1. The van der Waals surface area contributed by atoms with Crippen LogP contribution in [-0.2, 0) is 16.1 Å². The first kappa shape index (κ1) is 18.0. The van der Waals surface area contributed by atoms with Crippen LogP contribution in [0.2, 0.25) is 0 Å². The van der Waals surface area contributed by atoms with Crippen molar-refractivity contribution in [1.82, 2.24) is 5.32 Å². The van der Waals surface area contributed by atoms with Gasteiger partial charge in [-0.15, -0.1) is 0 Å². The Hall–Kier alpha value is -2.04. The fourth-order valence-corrected chi connectivity index (χ4v) is 2.22. The molecule has 1 atom stereocenters. The standard InChI is InChI=1S/C17H27N3O2/c1-2-3-4-5-9-12-15(20-17(18)19)16(21)22-13-14-10-7-6-8-11-14/h6-8,10-11,15H,2-5,9,12-13H2,1H3,(H4,18,19,20). The fraction of sp³-hybridized carbons (Fsp3) is 0.529. The van der Waals surface area contributed by atoms with Crippen LogP contribution in [0.1, 0.15) is 51.0 Å². The van der Waals surface area contributed by atoms with Gasteiger partial charge in [-0.1, -0.05) is 69.4 Å². The number of guanidine groups is 1. The summed E-state index contributed by atoms with van der Waals surface area (Å²) in [4.78, 5) is 12.1. The summed E-state index contributed by atoms with van der Waals surface area (Å²) in [7, 11) is 0. The zero-order chi connectivity index (χ0) is 16.2. The molecule has 0 heterocycles. The maximum absolute atomic E-state index is 12.1. The molecule has 0 aromatic heterocycles. The molecule has 4 N–H and O–H groups in total. The normalized spacial score (nSPS) is 11.7. The van der Waals surface area contributed by atoms with Gasteiger partial charge in [-0.3, -0.25) is 5.41 Å². The van der Waals surface area contributed by atoms with Gasteiger partial charge in [0.05, 0.1) is 0 Å². The Kier molecular flexibility index (Phi) is 8.72. The van der Waals surface area contributed by atoms with Crippen LogP contribution in [0.5, 0.6) is 0 Å². The predicted octanol–water partition coefficient (Wildman–Crippen LogP) is 2.94. The van der Waals surface area contributed by atoms with Crippen LogP contribution in [0.15, 0.2) is 30.3 Å². The smallest absolute Gasteiger partial charge is 0.328 e. The predicted molar refractivity (Wildman–Crippen MR) is 88.5 cm³/mol. The summed E-state index contributed by atoms with van der Waals surface area (Å²) in [6.07, 6.45) is 6.21. The molecule has 0 aliphatic heterocycles. The maximum atomic E-state index is 12.1. The lowest BCUT2D eigenvalue weighted by molar-refractivity contribution is -0.147. The van der Waals surface area contributed by atoms with Crippen molar-refractivity contribution >= 4 is 11.9 Å². The highest BCUT2D eigenvalue weighted by Crippen LogP contribution is 2.09. The minimum atomic E-state index is -0.539. The van der Waals surface area contributed by atoms with E-state index in [1.807, 2.05) is 30.3 Å². The second-order valence-corrected chi connectivity index (χ2v) is 5.41. The first-order valence-corrected chi connectivity index (χ1v) is 7.94. The third kappa shape index (κ3) is 7.67. The van der Waals surface area contributed by atoms with Gasteiger partial charge in [0, 0.05) is 0 Å². The number of carbonyl (C=O) groups is 1. The largest absolute Gasteiger partial charge is 0.459 e. The summed E-state index contributed by atoms with van der Waals surface area (Å²) < 4.78 is 5.32. The van der Waals surface area contributed by atoms with Gasteiger partial charge in [0.1, 0.15) is 12.6 Å². The van der Waals surface area contributed by atoms with Crippen LogP contribution in [0.25, 0.3) is 0 Å². The van der Waals surface area contributed by atoms with Crippen molar-refractivity contribution in [2.45, 2.75) is 58.1 Å². The highest BCUT2D eigenvalue weighted by molar-refractivity contribution is 5.83. The molecule has 0 aliphatic rings. The average Bonchev–Trinajstić information content (AvgIpc) is 2.52. The summed E-state index contributed by atoms with van der Waals surface area (Å²) in [5, 5.41) is 10.0. The number of rotatable bonds is 10. The van der Waals surface area contributed by atoms with E-state index >= 15 is 0 Å². The van der Waals surface area contributed by atoms with E-state index in [2.05, 4.69) is 12.2 Å².